The fraction of sp³-hybridized carbons (Fsp3) is 0.147. The van der Waals surface area contributed by atoms with Crippen LogP contribution < -0.4 is 10.6 Å². The molecule has 0 aliphatic carbocycles. The molecule has 32 heteroatoms. The summed E-state index contributed by atoms with van der Waals surface area (Å²) in [6.45, 7) is -1.18. The summed E-state index contributed by atoms with van der Waals surface area (Å²) in [5, 5.41) is 57.4. The fourth-order valence-electron chi connectivity index (χ4n) is 5.32. The minimum atomic E-state index is -4.86. The van der Waals surface area contributed by atoms with Crippen molar-refractivity contribution in [1.29, 1.82) is 0 Å². The highest BCUT2D eigenvalue weighted by atomic mass is 32.3. The van der Waals surface area contributed by atoms with Crippen LogP contribution in [0.3, 0.4) is 0 Å². The molecule has 0 radical (unpaired) electrons. The summed E-state index contributed by atoms with van der Waals surface area (Å²) in [6, 6.07) is 19.6. The number of anilines is 2. The molecule has 0 aliphatic heterocycles. The van der Waals surface area contributed by atoms with Crippen molar-refractivity contribution >= 4 is 115 Å². The van der Waals surface area contributed by atoms with Crippen LogP contribution >= 0.6 is 24.4 Å². The van der Waals surface area contributed by atoms with Crippen LogP contribution in [0.15, 0.2) is 126 Å². The van der Waals surface area contributed by atoms with Crippen LogP contribution in [0.2, 0.25) is 0 Å². The molecule has 0 saturated carbocycles. The summed E-state index contributed by atoms with van der Waals surface area (Å²) in [7, 11) is -17.4. The SMILES string of the molecule is O=C(Nc1cccc(S(=O)(=O)CCOS(=O)(=O)O)c1)c1ccc(N=Nc2c(SOOO)cc3c(N=Nc4ccc(S(=O)(=O)CCOSOOO)cc4)c(NCS(=O)(=O)O)ccc3c2O)cc1. The van der Waals surface area contributed by atoms with Gasteiger partial charge in [0.15, 0.2) is 37.7 Å². The monoisotopic (exact) mass is 1040 g/mol. The third kappa shape index (κ3) is 15.1. The van der Waals surface area contributed by atoms with Gasteiger partial charge in [-0.3, -0.25) is 18.1 Å². The number of sulfone groups is 2. The summed E-state index contributed by atoms with van der Waals surface area (Å²) >= 11 is 0.557. The Bertz CT molecular complexity index is 3050. The van der Waals surface area contributed by atoms with Crippen molar-refractivity contribution in [3.8, 4) is 5.75 Å². The van der Waals surface area contributed by atoms with E-state index >= 15 is 0 Å². The zero-order valence-electron chi connectivity index (χ0n) is 32.8. The van der Waals surface area contributed by atoms with E-state index in [0.29, 0.717) is 12.0 Å². The van der Waals surface area contributed by atoms with E-state index in [0.717, 1.165) is 6.07 Å². The molecule has 0 fully saturated rings. The van der Waals surface area contributed by atoms with E-state index in [-0.39, 0.29) is 84.1 Å². The molecule has 354 valence electrons. The average Bonchev–Trinajstić information content (AvgIpc) is 3.26. The molecule has 0 saturated heterocycles. The van der Waals surface area contributed by atoms with Gasteiger partial charge in [0.1, 0.15) is 17.3 Å². The van der Waals surface area contributed by atoms with Crippen LogP contribution in [-0.4, -0.2) is 94.9 Å². The maximum atomic E-state index is 13.0. The third-order valence-corrected chi connectivity index (χ3v) is 13.6. The molecule has 0 bridgehead atoms. The predicted octanol–water partition coefficient (Wildman–Crippen LogP) is 6.68. The van der Waals surface area contributed by atoms with E-state index in [1.54, 1.807) is 0 Å². The molecule has 26 nitrogen and oxygen atoms in total. The summed E-state index contributed by atoms with van der Waals surface area (Å²) in [5.74, 6) is -3.46. The second kappa shape index (κ2) is 23.0. The van der Waals surface area contributed by atoms with Gasteiger partial charge < -0.3 is 15.7 Å². The summed E-state index contributed by atoms with van der Waals surface area (Å²) in [4.78, 5) is 12.6. The molecule has 5 aromatic carbocycles. The number of benzene rings is 5. The number of phenolic OH excluding ortho intramolecular Hbond substituents is 1. The van der Waals surface area contributed by atoms with Gasteiger partial charge in [0.2, 0.25) is 0 Å². The van der Waals surface area contributed by atoms with Gasteiger partial charge in [-0.15, -0.1) is 18.9 Å². The molecule has 0 aromatic heterocycles. The quantitative estimate of drug-likeness (QED) is 0.00845. The molecule has 0 aliphatic rings. The standard InChI is InChI=1S/C34H32N6O20S6/c41-33-27-12-13-29(35-20-65(49,50)51)31(39-37-23-8-10-25(11-9-23)63(45,46)16-14-55-62-60-58-44)28(27)19-30(61-59-57-43)32(33)40-38-22-6-4-21(5-7-22)34(42)36-24-2-1-3-26(18-24)64(47,48)17-15-56-66(52,53)54/h1-13,18-19,35,41,43-44H,14-17,20H2,(H,36,42)(H,49,50,51)(H,52,53,54). The van der Waals surface area contributed by atoms with Crippen molar-refractivity contribution in [2.75, 3.05) is 41.2 Å². The molecular formula is C34H32N6O20S6. The van der Waals surface area contributed by atoms with Crippen molar-refractivity contribution in [2.45, 2.75) is 14.7 Å². The molecule has 5 rings (SSSR count). The first-order valence-electron chi connectivity index (χ1n) is 17.6. The van der Waals surface area contributed by atoms with E-state index in [1.165, 1.54) is 84.9 Å². The van der Waals surface area contributed by atoms with E-state index in [4.69, 9.17) is 19.3 Å². The van der Waals surface area contributed by atoms with Crippen molar-refractivity contribution in [2.24, 2.45) is 20.5 Å². The molecule has 5 aromatic rings. The number of nitrogens with one attached hydrogen (secondary N) is 2. The van der Waals surface area contributed by atoms with Gasteiger partial charge >= 0.3 is 10.4 Å². The highest BCUT2D eigenvalue weighted by molar-refractivity contribution is 7.94. The number of hydrogen-bond acceptors (Lipinski definition) is 25. The van der Waals surface area contributed by atoms with Crippen molar-refractivity contribution in [3.63, 3.8) is 0 Å². The summed E-state index contributed by atoms with van der Waals surface area (Å²) in [5.41, 5.74) is 0.0341. The highest BCUT2D eigenvalue weighted by Gasteiger charge is 2.21. The number of hydrogen-bond donors (Lipinski definition) is 7. The van der Waals surface area contributed by atoms with Crippen molar-refractivity contribution in [3.05, 3.63) is 96.6 Å². The van der Waals surface area contributed by atoms with E-state index in [2.05, 4.69) is 54.0 Å². The first-order valence-corrected chi connectivity index (χ1v) is 25.3. The lowest BCUT2D eigenvalue weighted by atomic mass is 10.1. The van der Waals surface area contributed by atoms with Crippen LogP contribution in [0.5, 0.6) is 5.75 Å². The third-order valence-electron chi connectivity index (χ3n) is 8.24. The van der Waals surface area contributed by atoms with Gasteiger partial charge in [-0.25, -0.2) is 31.5 Å². The number of nitrogens with zero attached hydrogens (tertiary/aromatic N) is 4. The summed E-state index contributed by atoms with van der Waals surface area (Å²) < 4.78 is 131. The topological polar surface area (TPSA) is 384 Å². The van der Waals surface area contributed by atoms with E-state index < -0.39 is 75.8 Å². The molecule has 1 amide bonds. The number of fused-ring (bicyclic) bond motifs is 1. The minimum Gasteiger partial charge on any atom is -0.505 e. The second-order valence-electron chi connectivity index (χ2n) is 12.6. The Labute approximate surface area is 382 Å². The molecule has 0 heterocycles. The number of carbonyl (C=O) groups is 1. The van der Waals surface area contributed by atoms with Crippen LogP contribution in [0.4, 0.5) is 34.1 Å². The van der Waals surface area contributed by atoms with E-state index in [9.17, 15) is 48.1 Å². The molecule has 7 N–H and O–H groups in total. The van der Waals surface area contributed by atoms with Crippen LogP contribution in [0.1, 0.15) is 10.4 Å². The molecule has 0 unspecified atom stereocenters. The average molecular weight is 1040 g/mol. The molecule has 0 spiro atoms. The number of aromatic hydroxyl groups is 1. The minimum absolute atomic E-state index is 0.0219. The Kier molecular flexibility index (Phi) is 18.0. The maximum absolute atomic E-state index is 13.0. The first kappa shape index (κ1) is 51.7. The zero-order chi connectivity index (χ0) is 48.1. The van der Waals surface area contributed by atoms with Crippen LogP contribution in [0.25, 0.3) is 10.8 Å². The Morgan fingerprint density at radius 2 is 1.29 bits per heavy atom. The number of rotatable bonds is 24. The smallest absolute Gasteiger partial charge is 0.397 e. The van der Waals surface area contributed by atoms with Gasteiger partial charge in [-0.2, -0.15) is 27.1 Å². The molecule has 0 atom stereocenters. The lowest BCUT2D eigenvalue weighted by molar-refractivity contribution is -0.434. The highest BCUT2D eigenvalue weighted by Crippen LogP contribution is 2.48. The second-order valence-corrected chi connectivity index (χ2v) is 20.6. The van der Waals surface area contributed by atoms with Crippen LogP contribution in [0, 0.1) is 0 Å². The van der Waals surface area contributed by atoms with Gasteiger partial charge in [0.25, 0.3) is 16.0 Å². The maximum Gasteiger partial charge on any atom is 0.397 e. The van der Waals surface area contributed by atoms with Gasteiger partial charge in [0.05, 0.1) is 68.5 Å². The number of phenols is 1. The van der Waals surface area contributed by atoms with Gasteiger partial charge in [-0.1, -0.05) is 16.1 Å². The van der Waals surface area contributed by atoms with Crippen molar-refractivity contribution in [1.82, 2.24) is 0 Å². The Morgan fingerprint density at radius 3 is 1.92 bits per heavy atom. The summed E-state index contributed by atoms with van der Waals surface area (Å²) in [6.07, 6.45) is 0. The lowest BCUT2D eigenvalue weighted by Gasteiger charge is -2.14. The first-order chi connectivity index (χ1) is 31.2. The Morgan fingerprint density at radius 1 is 0.667 bits per heavy atom. The normalized spacial score (nSPS) is 12.6. The van der Waals surface area contributed by atoms with Crippen molar-refractivity contribution < 1.29 is 90.3 Å². The van der Waals surface area contributed by atoms with Gasteiger partial charge in [0, 0.05) is 22.0 Å². The largest absolute Gasteiger partial charge is 0.505 e. The fourth-order valence-corrected chi connectivity index (χ4v) is 9.08. The Hall–Kier alpha value is -5.27. The van der Waals surface area contributed by atoms with Crippen LogP contribution in [-0.2, 0) is 67.3 Å². The molecule has 66 heavy (non-hydrogen) atoms. The number of azo groups is 2. The zero-order valence-corrected chi connectivity index (χ0v) is 37.7. The Balaban J connectivity index is 1.40. The number of carbonyl (C=O) groups excluding carboxylic acids is 1. The molecular weight excluding hydrogens is 1000 g/mol. The van der Waals surface area contributed by atoms with E-state index in [1.807, 2.05) is 0 Å². The van der Waals surface area contributed by atoms with Gasteiger partial charge in [-0.05, 0) is 84.9 Å². The lowest BCUT2D eigenvalue weighted by Crippen LogP contribution is -2.16. The number of amides is 1. The predicted molar refractivity (Wildman–Crippen MR) is 232 cm³/mol.